The van der Waals surface area contributed by atoms with E-state index in [-0.39, 0.29) is 12.5 Å². The van der Waals surface area contributed by atoms with Crippen molar-refractivity contribution in [2.24, 2.45) is 0 Å². The summed E-state index contributed by atoms with van der Waals surface area (Å²) in [6, 6.07) is 4.87. The Bertz CT molecular complexity index is 692. The fourth-order valence-electron chi connectivity index (χ4n) is 1.72. The average Bonchev–Trinajstić information content (AvgIpc) is 2.88. The highest BCUT2D eigenvalue weighted by Gasteiger charge is 2.30. The van der Waals surface area contributed by atoms with E-state index in [0.29, 0.717) is 11.3 Å². The van der Waals surface area contributed by atoms with Crippen molar-refractivity contribution in [3.63, 3.8) is 0 Å². The highest BCUT2D eigenvalue weighted by atomic mass is 32.1. The summed E-state index contributed by atoms with van der Waals surface area (Å²) in [6.45, 7) is 1.89. The van der Waals surface area contributed by atoms with Crippen molar-refractivity contribution in [3.05, 3.63) is 57.6 Å². The average molecular weight is 326 g/mol. The largest absolute Gasteiger partial charge is 0.416 e. The molecule has 0 bridgehead atoms. The lowest BCUT2D eigenvalue weighted by Crippen LogP contribution is -2.20. The van der Waals surface area contributed by atoms with Gasteiger partial charge in [0.05, 0.1) is 16.3 Å². The van der Waals surface area contributed by atoms with Crippen molar-refractivity contribution in [1.82, 2.24) is 10.3 Å². The first-order valence-electron chi connectivity index (χ1n) is 6.39. The van der Waals surface area contributed by atoms with Gasteiger partial charge < -0.3 is 5.32 Å². The molecule has 0 spiro atoms. The molecule has 2 rings (SSSR count). The van der Waals surface area contributed by atoms with E-state index in [1.54, 1.807) is 6.08 Å². The Morgan fingerprint density at radius 3 is 2.82 bits per heavy atom. The minimum absolute atomic E-state index is 0.0309. The second-order valence-corrected chi connectivity index (χ2v) is 5.60. The quantitative estimate of drug-likeness (QED) is 0.868. The fraction of sp³-hybridized carbons (Fsp3) is 0.200. The summed E-state index contributed by atoms with van der Waals surface area (Å²) in [5.74, 6) is -0.386. The predicted molar refractivity (Wildman–Crippen MR) is 79.2 cm³/mol. The number of benzene rings is 1. The van der Waals surface area contributed by atoms with E-state index in [9.17, 15) is 18.0 Å². The van der Waals surface area contributed by atoms with E-state index in [4.69, 9.17) is 0 Å². The number of thiazole rings is 1. The van der Waals surface area contributed by atoms with E-state index < -0.39 is 11.7 Å². The lowest BCUT2D eigenvalue weighted by atomic mass is 10.1. The third-order valence-corrected chi connectivity index (χ3v) is 3.56. The maximum Gasteiger partial charge on any atom is 0.416 e. The molecule has 1 aromatic heterocycles. The van der Waals surface area contributed by atoms with E-state index in [1.807, 2.05) is 12.3 Å². The summed E-state index contributed by atoms with van der Waals surface area (Å²) in [4.78, 5) is 15.8. The second-order valence-electron chi connectivity index (χ2n) is 4.54. The van der Waals surface area contributed by atoms with Crippen LogP contribution in [0.3, 0.4) is 0 Å². The van der Waals surface area contributed by atoms with Crippen LogP contribution in [0.2, 0.25) is 0 Å². The molecule has 1 heterocycles. The van der Waals surface area contributed by atoms with Crippen LogP contribution in [-0.4, -0.2) is 10.9 Å². The number of rotatable bonds is 4. The van der Waals surface area contributed by atoms with Crippen LogP contribution in [0.25, 0.3) is 6.08 Å². The minimum Gasteiger partial charge on any atom is -0.348 e. The molecule has 1 aromatic carbocycles. The molecule has 0 fully saturated rings. The summed E-state index contributed by atoms with van der Waals surface area (Å²) in [5, 5.41) is 5.24. The van der Waals surface area contributed by atoms with Gasteiger partial charge in [0.2, 0.25) is 5.91 Å². The zero-order chi connectivity index (χ0) is 16.2. The third-order valence-electron chi connectivity index (χ3n) is 2.76. The van der Waals surface area contributed by atoms with Crippen molar-refractivity contribution in [2.75, 3.05) is 0 Å². The molecule has 0 radical (unpaired) electrons. The lowest BCUT2D eigenvalue weighted by molar-refractivity contribution is -0.137. The van der Waals surface area contributed by atoms with Gasteiger partial charge in [0.15, 0.2) is 0 Å². The van der Waals surface area contributed by atoms with E-state index in [2.05, 4.69) is 10.3 Å². The van der Waals surface area contributed by atoms with Gasteiger partial charge in [0.25, 0.3) is 0 Å². The molecule has 0 saturated heterocycles. The van der Waals surface area contributed by atoms with Gasteiger partial charge in [-0.3, -0.25) is 4.79 Å². The Labute approximate surface area is 129 Å². The summed E-state index contributed by atoms with van der Waals surface area (Å²) in [7, 11) is 0. The molecule has 7 heteroatoms. The van der Waals surface area contributed by atoms with Crippen molar-refractivity contribution < 1.29 is 18.0 Å². The molecule has 1 N–H and O–H groups in total. The van der Waals surface area contributed by atoms with Crippen LogP contribution in [0, 0.1) is 6.92 Å². The molecular formula is C15H13F3N2OS. The van der Waals surface area contributed by atoms with Gasteiger partial charge in [0.1, 0.15) is 0 Å². The number of carbonyl (C=O) groups is 1. The molecule has 22 heavy (non-hydrogen) atoms. The first-order chi connectivity index (χ1) is 10.3. The molecule has 3 nitrogen and oxygen atoms in total. The molecule has 116 valence electrons. The smallest absolute Gasteiger partial charge is 0.348 e. The van der Waals surface area contributed by atoms with Crippen molar-refractivity contribution in [3.8, 4) is 0 Å². The van der Waals surface area contributed by atoms with Gasteiger partial charge in [-0.15, -0.1) is 11.3 Å². The maximum atomic E-state index is 12.6. The minimum atomic E-state index is -4.39. The van der Waals surface area contributed by atoms with Crippen molar-refractivity contribution in [1.29, 1.82) is 0 Å². The predicted octanol–water partition coefficient (Wildman–Crippen LogP) is 3.80. The fourth-order valence-corrected chi connectivity index (χ4v) is 2.30. The monoisotopic (exact) mass is 326 g/mol. The Morgan fingerprint density at radius 1 is 1.41 bits per heavy atom. The SMILES string of the molecule is Cc1nc(/C=C/C(=O)NCc2cccc(C(F)(F)F)c2)cs1. The highest BCUT2D eigenvalue weighted by Crippen LogP contribution is 2.29. The van der Waals surface area contributed by atoms with Gasteiger partial charge in [0, 0.05) is 18.0 Å². The summed E-state index contributed by atoms with van der Waals surface area (Å²) in [6.07, 6.45) is -1.52. The molecule has 0 aliphatic carbocycles. The third kappa shape index (κ3) is 4.70. The normalized spacial score (nSPS) is 11.8. The van der Waals surface area contributed by atoms with Crippen LogP contribution >= 0.6 is 11.3 Å². The summed E-state index contributed by atoms with van der Waals surface area (Å²) in [5.41, 5.74) is 0.338. The Balaban J connectivity index is 1.92. The Kier molecular flexibility index (Phi) is 4.97. The molecule has 2 aromatic rings. The van der Waals surface area contributed by atoms with Crippen LogP contribution in [0.1, 0.15) is 21.8 Å². The topological polar surface area (TPSA) is 42.0 Å². The van der Waals surface area contributed by atoms with Crippen molar-refractivity contribution in [2.45, 2.75) is 19.6 Å². The Morgan fingerprint density at radius 2 is 2.18 bits per heavy atom. The van der Waals surface area contributed by atoms with Crippen LogP contribution in [-0.2, 0) is 17.5 Å². The molecular weight excluding hydrogens is 313 g/mol. The van der Waals surface area contributed by atoms with E-state index in [0.717, 1.165) is 17.1 Å². The van der Waals surface area contributed by atoms with Crippen LogP contribution in [0.15, 0.2) is 35.7 Å². The molecule has 0 unspecified atom stereocenters. The second kappa shape index (κ2) is 6.74. The van der Waals surface area contributed by atoms with Crippen LogP contribution in [0.5, 0.6) is 0 Å². The van der Waals surface area contributed by atoms with E-state index in [1.165, 1.54) is 29.5 Å². The molecule has 0 aliphatic rings. The van der Waals surface area contributed by atoms with Gasteiger partial charge in [-0.2, -0.15) is 13.2 Å². The van der Waals surface area contributed by atoms with Gasteiger partial charge >= 0.3 is 6.18 Å². The van der Waals surface area contributed by atoms with Gasteiger partial charge in [-0.05, 0) is 30.7 Å². The lowest BCUT2D eigenvalue weighted by Gasteiger charge is -2.08. The number of nitrogens with one attached hydrogen (secondary N) is 1. The number of alkyl halides is 3. The number of amides is 1. The maximum absolute atomic E-state index is 12.6. The zero-order valence-corrected chi connectivity index (χ0v) is 12.5. The molecule has 0 saturated carbocycles. The highest BCUT2D eigenvalue weighted by molar-refractivity contribution is 7.09. The number of aromatic nitrogens is 1. The number of nitrogens with zero attached hydrogens (tertiary/aromatic N) is 1. The first kappa shape index (κ1) is 16.2. The standard InChI is InChI=1S/C15H13F3N2OS/c1-10-20-13(9-22-10)5-6-14(21)19-8-11-3-2-4-12(7-11)15(16,17)18/h2-7,9H,8H2,1H3,(H,19,21)/b6-5+. The number of halogens is 3. The summed E-state index contributed by atoms with van der Waals surface area (Å²) >= 11 is 1.47. The van der Waals surface area contributed by atoms with Crippen LogP contribution < -0.4 is 5.32 Å². The van der Waals surface area contributed by atoms with E-state index >= 15 is 0 Å². The number of carbonyl (C=O) groups excluding carboxylic acids is 1. The zero-order valence-electron chi connectivity index (χ0n) is 11.6. The number of aryl methyl sites for hydroxylation is 1. The Hall–Kier alpha value is -2.15. The molecule has 1 amide bonds. The summed E-state index contributed by atoms with van der Waals surface area (Å²) < 4.78 is 37.7. The molecule has 0 atom stereocenters. The van der Waals surface area contributed by atoms with Crippen LogP contribution in [0.4, 0.5) is 13.2 Å². The van der Waals surface area contributed by atoms with Crippen molar-refractivity contribution >= 4 is 23.3 Å². The molecule has 0 aliphatic heterocycles. The first-order valence-corrected chi connectivity index (χ1v) is 7.27. The number of hydrogen-bond donors (Lipinski definition) is 1. The number of hydrogen-bond acceptors (Lipinski definition) is 3. The van der Waals surface area contributed by atoms with Gasteiger partial charge in [-0.1, -0.05) is 12.1 Å². The van der Waals surface area contributed by atoms with Gasteiger partial charge in [-0.25, -0.2) is 4.98 Å².